The molecule has 45 heavy (non-hydrogen) atoms. The van der Waals surface area contributed by atoms with Crippen LogP contribution in [0.15, 0.2) is 18.5 Å². The normalized spacial score (nSPS) is 14.8. The summed E-state index contributed by atoms with van der Waals surface area (Å²) in [4.78, 5) is 31.7. The molecule has 0 bridgehead atoms. The van der Waals surface area contributed by atoms with E-state index in [1.54, 1.807) is 6.20 Å². The smallest absolute Gasteiger partial charge is 0.136 e. The van der Waals surface area contributed by atoms with Crippen LogP contribution in [0.3, 0.4) is 0 Å². The van der Waals surface area contributed by atoms with Crippen molar-refractivity contribution in [1.29, 1.82) is 5.26 Å². The van der Waals surface area contributed by atoms with Crippen LogP contribution in [0.25, 0.3) is 0 Å². The first-order valence-corrected chi connectivity index (χ1v) is 16.1. The number of nitrogens with one attached hydrogen (secondary N) is 1. The fourth-order valence-electron chi connectivity index (χ4n) is 5.12. The number of nitriles is 1. The highest BCUT2D eigenvalue weighted by molar-refractivity contribution is 5.47. The standard InChI is InChI=1S/C36H53N9/c1-32(2,3)29-38-19-23(18-37)27(43-29)35(10,11)40-21-24-20-39-30(33(4,5)6)44-28(24)36(12,13)45(14)26-17-25(22-15-16-22)41-31(42-26)34(7,8)9/h17,19-20,22,40H,15-16,21H2,1-14H3. The van der Waals surface area contributed by atoms with E-state index in [4.69, 9.17) is 24.9 Å². The Morgan fingerprint density at radius 3 is 1.80 bits per heavy atom. The van der Waals surface area contributed by atoms with Crippen molar-refractivity contribution < 1.29 is 0 Å². The molecule has 3 aromatic heterocycles. The van der Waals surface area contributed by atoms with E-state index < -0.39 is 11.1 Å². The van der Waals surface area contributed by atoms with Crippen molar-refractivity contribution in [2.24, 2.45) is 0 Å². The molecule has 1 aliphatic carbocycles. The number of rotatable bonds is 8. The molecule has 242 valence electrons. The average molecular weight is 612 g/mol. The van der Waals surface area contributed by atoms with E-state index in [-0.39, 0.29) is 16.2 Å². The minimum absolute atomic E-state index is 0.171. The van der Waals surface area contributed by atoms with E-state index in [2.05, 4.69) is 124 Å². The molecule has 0 aromatic carbocycles. The molecule has 0 amide bonds. The van der Waals surface area contributed by atoms with E-state index in [9.17, 15) is 5.26 Å². The van der Waals surface area contributed by atoms with Gasteiger partial charge in [-0.1, -0.05) is 62.3 Å². The lowest BCUT2D eigenvalue weighted by atomic mass is 9.90. The van der Waals surface area contributed by atoms with Crippen LogP contribution in [0.4, 0.5) is 5.82 Å². The maximum Gasteiger partial charge on any atom is 0.136 e. The first kappa shape index (κ1) is 34.4. The maximum atomic E-state index is 9.92. The Kier molecular flexibility index (Phi) is 8.93. The van der Waals surface area contributed by atoms with Gasteiger partial charge in [-0.25, -0.2) is 29.9 Å². The molecular formula is C36H53N9. The summed E-state index contributed by atoms with van der Waals surface area (Å²) in [5, 5.41) is 13.6. The van der Waals surface area contributed by atoms with Gasteiger partial charge in [-0.2, -0.15) is 5.26 Å². The van der Waals surface area contributed by atoms with Crippen molar-refractivity contribution in [3.63, 3.8) is 0 Å². The SMILES string of the molecule is CN(c1cc(C2CC2)nc(C(C)(C)C)n1)C(C)(C)c1nc(C(C)(C)C)ncc1CNC(C)(C)c1nc(C(C)(C)C)ncc1C#N. The predicted octanol–water partition coefficient (Wildman–Crippen LogP) is 7.09. The first-order chi connectivity index (χ1) is 20.6. The van der Waals surface area contributed by atoms with Crippen LogP contribution in [-0.2, 0) is 33.9 Å². The van der Waals surface area contributed by atoms with Crippen LogP contribution in [0.1, 0.15) is 154 Å². The zero-order chi connectivity index (χ0) is 33.8. The van der Waals surface area contributed by atoms with Crippen molar-refractivity contribution in [3.8, 4) is 6.07 Å². The van der Waals surface area contributed by atoms with Gasteiger partial charge in [0, 0.05) is 65.5 Å². The van der Waals surface area contributed by atoms with Gasteiger partial charge < -0.3 is 10.2 Å². The highest BCUT2D eigenvalue weighted by Gasteiger charge is 2.36. The average Bonchev–Trinajstić information content (AvgIpc) is 3.79. The highest BCUT2D eigenvalue weighted by Crippen LogP contribution is 2.42. The molecule has 3 heterocycles. The van der Waals surface area contributed by atoms with E-state index >= 15 is 0 Å². The predicted molar refractivity (Wildman–Crippen MR) is 180 cm³/mol. The van der Waals surface area contributed by atoms with Crippen LogP contribution in [0.2, 0.25) is 0 Å². The summed E-state index contributed by atoms with van der Waals surface area (Å²) >= 11 is 0. The quantitative estimate of drug-likeness (QED) is 0.285. The topological polar surface area (TPSA) is 116 Å². The summed E-state index contributed by atoms with van der Waals surface area (Å²) in [6.07, 6.45) is 5.94. The summed E-state index contributed by atoms with van der Waals surface area (Å²) in [6, 6.07) is 4.45. The van der Waals surface area contributed by atoms with Crippen molar-refractivity contribution in [2.45, 2.75) is 143 Å². The molecule has 4 rings (SSSR count). The number of aromatic nitrogens is 6. The second-order valence-electron chi connectivity index (χ2n) is 16.7. The molecule has 1 fully saturated rings. The number of hydrogen-bond donors (Lipinski definition) is 1. The zero-order valence-corrected chi connectivity index (χ0v) is 30.0. The molecule has 9 nitrogen and oxygen atoms in total. The van der Waals surface area contributed by atoms with Gasteiger partial charge in [0.25, 0.3) is 0 Å². The molecule has 1 saturated carbocycles. The summed E-state index contributed by atoms with van der Waals surface area (Å²) < 4.78 is 0. The molecule has 0 aliphatic heterocycles. The third-order valence-electron chi connectivity index (χ3n) is 8.59. The second-order valence-corrected chi connectivity index (χ2v) is 16.7. The minimum atomic E-state index is -0.628. The van der Waals surface area contributed by atoms with Crippen molar-refractivity contribution in [1.82, 2.24) is 35.2 Å². The molecule has 9 heteroatoms. The molecule has 0 atom stereocenters. The molecule has 0 spiro atoms. The summed E-state index contributed by atoms with van der Waals surface area (Å²) in [5.41, 5.74) is 2.36. The fourth-order valence-corrected chi connectivity index (χ4v) is 5.12. The van der Waals surface area contributed by atoms with Crippen LogP contribution in [0.5, 0.6) is 0 Å². The zero-order valence-electron chi connectivity index (χ0n) is 30.0. The third-order valence-corrected chi connectivity index (χ3v) is 8.59. The Balaban J connectivity index is 1.77. The van der Waals surface area contributed by atoms with Gasteiger partial charge in [-0.15, -0.1) is 0 Å². The van der Waals surface area contributed by atoms with Crippen molar-refractivity contribution in [2.75, 3.05) is 11.9 Å². The number of hydrogen-bond acceptors (Lipinski definition) is 9. The summed E-state index contributed by atoms with van der Waals surface area (Å²) in [6.45, 7) is 28.1. The highest BCUT2D eigenvalue weighted by atomic mass is 15.2. The van der Waals surface area contributed by atoms with Crippen LogP contribution < -0.4 is 10.2 Å². The summed E-state index contributed by atoms with van der Waals surface area (Å²) in [5.74, 6) is 3.76. The minimum Gasteiger partial charge on any atom is -0.349 e. The molecule has 1 aliphatic rings. The second kappa shape index (κ2) is 11.7. The van der Waals surface area contributed by atoms with Gasteiger partial charge >= 0.3 is 0 Å². The molecule has 0 saturated heterocycles. The monoisotopic (exact) mass is 611 g/mol. The number of nitrogens with zero attached hydrogens (tertiary/aromatic N) is 8. The van der Waals surface area contributed by atoms with Gasteiger partial charge in [0.1, 0.15) is 29.4 Å². The third kappa shape index (κ3) is 7.49. The molecule has 0 unspecified atom stereocenters. The van der Waals surface area contributed by atoms with E-state index in [1.807, 2.05) is 6.20 Å². The lowest BCUT2D eigenvalue weighted by molar-refractivity contribution is 0.377. The molecule has 3 aromatic rings. The maximum absolute atomic E-state index is 9.92. The molecule has 0 radical (unpaired) electrons. The van der Waals surface area contributed by atoms with Crippen molar-refractivity contribution >= 4 is 5.82 Å². The Labute approximate surface area is 270 Å². The lowest BCUT2D eigenvalue weighted by Gasteiger charge is -2.39. The first-order valence-electron chi connectivity index (χ1n) is 16.1. The van der Waals surface area contributed by atoms with Gasteiger partial charge in [0.05, 0.1) is 28.0 Å². The molecular weight excluding hydrogens is 558 g/mol. The molecule has 1 N–H and O–H groups in total. The van der Waals surface area contributed by atoms with Crippen LogP contribution in [-0.4, -0.2) is 37.0 Å². The Morgan fingerprint density at radius 1 is 0.756 bits per heavy atom. The van der Waals surface area contributed by atoms with Gasteiger partial charge in [-0.3, -0.25) is 0 Å². The van der Waals surface area contributed by atoms with Gasteiger partial charge in [-0.05, 0) is 40.5 Å². The van der Waals surface area contributed by atoms with Crippen LogP contribution in [0, 0.1) is 11.3 Å². The van der Waals surface area contributed by atoms with Gasteiger partial charge in [0.2, 0.25) is 0 Å². The lowest BCUT2D eigenvalue weighted by Crippen LogP contribution is -2.43. The largest absolute Gasteiger partial charge is 0.349 e. The van der Waals surface area contributed by atoms with E-state index in [0.29, 0.717) is 29.5 Å². The van der Waals surface area contributed by atoms with E-state index in [1.165, 1.54) is 12.8 Å². The summed E-state index contributed by atoms with van der Waals surface area (Å²) in [7, 11) is 2.10. The van der Waals surface area contributed by atoms with Crippen molar-refractivity contribution in [3.05, 3.63) is 64.1 Å². The fraction of sp³-hybridized carbons (Fsp3) is 0.639. The Morgan fingerprint density at radius 2 is 1.29 bits per heavy atom. The van der Waals surface area contributed by atoms with Crippen LogP contribution >= 0.6 is 0 Å². The Bertz CT molecular complexity index is 1590. The Hall–Kier alpha value is -3.51. The number of anilines is 1. The van der Waals surface area contributed by atoms with Gasteiger partial charge in [0.15, 0.2) is 0 Å². The van der Waals surface area contributed by atoms with E-state index in [0.717, 1.165) is 34.4 Å².